The molecule has 7 heteroatoms. The molecule has 1 aromatic heterocycles. The summed E-state index contributed by atoms with van der Waals surface area (Å²) in [5.41, 5.74) is 1.70. The number of nitrogens with zero attached hydrogens (tertiary/aromatic N) is 4. The summed E-state index contributed by atoms with van der Waals surface area (Å²) in [6.07, 6.45) is 3.70. The lowest BCUT2D eigenvalue weighted by Gasteiger charge is -2.22. The van der Waals surface area contributed by atoms with E-state index < -0.39 is 5.82 Å². The molecule has 4 nitrogen and oxygen atoms in total. The second kappa shape index (κ2) is 5.90. The summed E-state index contributed by atoms with van der Waals surface area (Å²) < 4.78 is 16.8. The third-order valence-corrected chi connectivity index (χ3v) is 4.74. The highest BCUT2D eigenvalue weighted by Crippen LogP contribution is 2.40. The zero-order valence-corrected chi connectivity index (χ0v) is 14.2. The molecular weight excluding hydrogens is 371 g/mol. The molecule has 0 amide bonds. The fraction of sp³-hybridized carbons (Fsp3) is 0.333. The number of hydrogen-bond donors (Lipinski definition) is 0. The monoisotopic (exact) mass is 382 g/mol. The standard InChI is InChI=1S/C15H13BrClFN4/c1-21-15(10(16)8-20-21)13-9(7-19)12(6-11(17)14(13)18)22-4-2-3-5-22/h6,8H,2-5H2,1H3. The van der Waals surface area contributed by atoms with E-state index >= 15 is 0 Å². The largest absolute Gasteiger partial charge is 0.370 e. The van der Waals surface area contributed by atoms with Crippen LogP contribution in [-0.2, 0) is 7.05 Å². The Morgan fingerprint density at radius 2 is 2.09 bits per heavy atom. The highest BCUT2D eigenvalue weighted by atomic mass is 79.9. The molecular formula is C15H13BrClFN4. The molecule has 0 spiro atoms. The van der Waals surface area contributed by atoms with Gasteiger partial charge in [-0.25, -0.2) is 4.39 Å². The van der Waals surface area contributed by atoms with E-state index in [2.05, 4.69) is 32.0 Å². The molecule has 0 unspecified atom stereocenters. The zero-order valence-electron chi connectivity index (χ0n) is 11.9. The Morgan fingerprint density at radius 1 is 1.41 bits per heavy atom. The van der Waals surface area contributed by atoms with Crippen molar-refractivity contribution >= 4 is 33.2 Å². The molecule has 0 N–H and O–H groups in total. The Hall–Kier alpha value is -1.58. The Kier molecular flexibility index (Phi) is 4.11. The number of hydrogen-bond acceptors (Lipinski definition) is 3. The minimum atomic E-state index is -0.592. The lowest BCUT2D eigenvalue weighted by atomic mass is 10.0. The van der Waals surface area contributed by atoms with Gasteiger partial charge in [-0.1, -0.05) is 11.6 Å². The van der Waals surface area contributed by atoms with Gasteiger partial charge in [-0.05, 0) is 34.8 Å². The Bertz CT molecular complexity index is 755. The van der Waals surface area contributed by atoms with Gasteiger partial charge in [0.2, 0.25) is 0 Å². The highest BCUT2D eigenvalue weighted by Gasteiger charge is 2.26. The fourth-order valence-corrected chi connectivity index (χ4v) is 3.59. The Labute approximate surface area is 141 Å². The first-order valence-electron chi connectivity index (χ1n) is 6.89. The van der Waals surface area contributed by atoms with Crippen molar-refractivity contribution in [2.24, 2.45) is 7.05 Å². The quantitative estimate of drug-likeness (QED) is 0.784. The third-order valence-electron chi connectivity index (χ3n) is 3.89. The number of benzene rings is 1. The second-order valence-corrected chi connectivity index (χ2v) is 6.47. The van der Waals surface area contributed by atoms with Gasteiger partial charge in [0.05, 0.1) is 38.2 Å². The molecule has 2 heterocycles. The van der Waals surface area contributed by atoms with Crippen LogP contribution in [0, 0.1) is 17.1 Å². The van der Waals surface area contributed by atoms with Crippen LogP contribution in [0.5, 0.6) is 0 Å². The van der Waals surface area contributed by atoms with Crippen molar-refractivity contribution in [3.63, 3.8) is 0 Å². The summed E-state index contributed by atoms with van der Waals surface area (Å²) in [6.45, 7) is 1.70. The van der Waals surface area contributed by atoms with Gasteiger partial charge in [0, 0.05) is 20.1 Å². The van der Waals surface area contributed by atoms with E-state index in [9.17, 15) is 9.65 Å². The normalized spacial score (nSPS) is 14.4. The molecule has 1 aliphatic heterocycles. The summed E-state index contributed by atoms with van der Waals surface area (Å²) in [7, 11) is 1.71. The topological polar surface area (TPSA) is 44.9 Å². The zero-order chi connectivity index (χ0) is 15.9. The number of rotatable bonds is 2. The number of anilines is 1. The van der Waals surface area contributed by atoms with Crippen LogP contribution in [0.15, 0.2) is 16.7 Å². The summed E-state index contributed by atoms with van der Waals surface area (Å²) in [5, 5.41) is 13.7. The summed E-state index contributed by atoms with van der Waals surface area (Å²) in [6, 6.07) is 3.70. The van der Waals surface area contributed by atoms with Crippen LogP contribution in [0.25, 0.3) is 11.3 Å². The van der Waals surface area contributed by atoms with Crippen LogP contribution in [-0.4, -0.2) is 22.9 Å². The lowest BCUT2D eigenvalue weighted by molar-refractivity contribution is 0.627. The SMILES string of the molecule is Cn1ncc(Br)c1-c1c(F)c(Cl)cc(N2CCCC2)c1C#N. The van der Waals surface area contributed by atoms with Crippen molar-refractivity contribution in [3.8, 4) is 17.3 Å². The lowest BCUT2D eigenvalue weighted by Crippen LogP contribution is -2.19. The first-order valence-corrected chi connectivity index (χ1v) is 8.06. The van der Waals surface area contributed by atoms with Gasteiger partial charge in [0.1, 0.15) is 6.07 Å². The smallest absolute Gasteiger partial charge is 0.152 e. The minimum absolute atomic E-state index is 0.0176. The molecule has 1 aromatic carbocycles. The first-order chi connectivity index (χ1) is 10.5. The number of nitriles is 1. The van der Waals surface area contributed by atoms with E-state index in [1.807, 2.05) is 0 Å². The molecule has 0 radical (unpaired) electrons. The predicted molar refractivity (Wildman–Crippen MR) is 87.5 cm³/mol. The van der Waals surface area contributed by atoms with Crippen molar-refractivity contribution in [1.29, 1.82) is 5.26 Å². The van der Waals surface area contributed by atoms with Crippen molar-refractivity contribution < 1.29 is 4.39 Å². The van der Waals surface area contributed by atoms with Crippen molar-refractivity contribution in [2.75, 3.05) is 18.0 Å². The van der Waals surface area contributed by atoms with E-state index in [4.69, 9.17) is 11.6 Å². The van der Waals surface area contributed by atoms with Crippen molar-refractivity contribution in [2.45, 2.75) is 12.8 Å². The molecule has 1 saturated heterocycles. The van der Waals surface area contributed by atoms with E-state index in [0.29, 0.717) is 21.4 Å². The van der Waals surface area contributed by atoms with Gasteiger partial charge in [-0.3, -0.25) is 4.68 Å². The molecule has 3 rings (SSSR count). The average Bonchev–Trinajstić information content (AvgIpc) is 3.13. The van der Waals surface area contributed by atoms with Crippen LogP contribution in [0.3, 0.4) is 0 Å². The summed E-state index contributed by atoms with van der Waals surface area (Å²) in [4.78, 5) is 2.08. The van der Waals surface area contributed by atoms with Gasteiger partial charge in [-0.15, -0.1) is 0 Å². The van der Waals surface area contributed by atoms with E-state index in [1.165, 1.54) is 4.68 Å². The van der Waals surface area contributed by atoms with E-state index in [-0.39, 0.29) is 10.6 Å². The molecule has 22 heavy (non-hydrogen) atoms. The van der Waals surface area contributed by atoms with Crippen LogP contribution in [0.2, 0.25) is 5.02 Å². The van der Waals surface area contributed by atoms with Crippen LogP contribution in [0.1, 0.15) is 18.4 Å². The van der Waals surface area contributed by atoms with Gasteiger partial charge >= 0.3 is 0 Å². The Balaban J connectivity index is 2.31. The molecule has 0 atom stereocenters. The summed E-state index contributed by atoms with van der Waals surface area (Å²) in [5.74, 6) is -0.592. The number of halogens is 3. The van der Waals surface area contributed by atoms with Gasteiger partial charge in [-0.2, -0.15) is 10.4 Å². The van der Waals surface area contributed by atoms with Crippen molar-refractivity contribution in [3.05, 3.63) is 33.1 Å². The average molecular weight is 384 g/mol. The maximum absolute atomic E-state index is 14.7. The molecule has 1 aliphatic rings. The number of aryl methyl sites for hydroxylation is 1. The first kappa shape index (κ1) is 15.3. The predicted octanol–water partition coefficient (Wildman–Crippen LogP) is 4.11. The number of aromatic nitrogens is 2. The van der Waals surface area contributed by atoms with E-state index in [1.54, 1.807) is 19.3 Å². The van der Waals surface area contributed by atoms with Crippen LogP contribution in [0.4, 0.5) is 10.1 Å². The molecule has 0 aliphatic carbocycles. The maximum atomic E-state index is 14.7. The molecule has 2 aromatic rings. The highest BCUT2D eigenvalue weighted by molar-refractivity contribution is 9.10. The maximum Gasteiger partial charge on any atom is 0.152 e. The van der Waals surface area contributed by atoms with Gasteiger partial charge in [0.25, 0.3) is 0 Å². The van der Waals surface area contributed by atoms with Gasteiger partial charge in [0.15, 0.2) is 5.82 Å². The third kappa shape index (κ3) is 2.38. The fourth-order valence-electron chi connectivity index (χ4n) is 2.85. The molecule has 0 saturated carbocycles. The Morgan fingerprint density at radius 3 is 2.64 bits per heavy atom. The molecule has 1 fully saturated rings. The van der Waals surface area contributed by atoms with E-state index in [0.717, 1.165) is 25.9 Å². The molecule has 0 bridgehead atoms. The molecule has 114 valence electrons. The van der Waals surface area contributed by atoms with Gasteiger partial charge < -0.3 is 4.90 Å². The summed E-state index contributed by atoms with van der Waals surface area (Å²) >= 11 is 9.46. The minimum Gasteiger partial charge on any atom is -0.370 e. The van der Waals surface area contributed by atoms with Crippen LogP contribution < -0.4 is 4.90 Å². The van der Waals surface area contributed by atoms with Crippen molar-refractivity contribution in [1.82, 2.24) is 9.78 Å². The van der Waals surface area contributed by atoms with Crippen LogP contribution >= 0.6 is 27.5 Å². The second-order valence-electron chi connectivity index (χ2n) is 5.21.